The van der Waals surface area contributed by atoms with E-state index in [1.165, 1.54) is 0 Å². The second-order valence-corrected chi connectivity index (χ2v) is 8.09. The SMILES string of the molecule is CN(C)c1cccc(C(=O)NCC2CCN(c3cc(-c4ccccc4)[nH]n3)CC2)c1. The lowest BCUT2D eigenvalue weighted by molar-refractivity contribution is 0.0945. The number of carbonyl (C=O) groups is 1. The minimum atomic E-state index is 0.000865. The van der Waals surface area contributed by atoms with E-state index in [4.69, 9.17) is 0 Å². The molecule has 0 unspecified atom stereocenters. The largest absolute Gasteiger partial charge is 0.378 e. The monoisotopic (exact) mass is 403 g/mol. The number of amides is 1. The molecule has 1 aliphatic heterocycles. The molecule has 0 atom stereocenters. The molecule has 0 spiro atoms. The normalized spacial score (nSPS) is 14.5. The van der Waals surface area contributed by atoms with E-state index in [1.54, 1.807) is 0 Å². The quantitative estimate of drug-likeness (QED) is 0.657. The first-order chi connectivity index (χ1) is 14.6. The molecule has 1 amide bonds. The first kappa shape index (κ1) is 20.0. The molecule has 2 aromatic carbocycles. The van der Waals surface area contributed by atoms with Crippen molar-refractivity contribution in [1.29, 1.82) is 0 Å². The standard InChI is InChI=1S/C24H29N5O/c1-28(2)21-10-6-9-20(15-21)24(30)25-17-18-11-13-29(14-12-18)23-16-22(26-27-23)19-7-4-3-5-8-19/h3-10,15-16,18H,11-14,17H2,1-2H3,(H,25,30)(H,26,27). The summed E-state index contributed by atoms with van der Waals surface area (Å²) in [4.78, 5) is 16.9. The third kappa shape index (κ3) is 4.64. The molecule has 30 heavy (non-hydrogen) atoms. The van der Waals surface area contributed by atoms with Gasteiger partial charge >= 0.3 is 0 Å². The number of H-pyrrole nitrogens is 1. The minimum Gasteiger partial charge on any atom is -0.378 e. The van der Waals surface area contributed by atoms with Gasteiger partial charge in [-0.25, -0.2) is 0 Å². The van der Waals surface area contributed by atoms with Crippen LogP contribution in [-0.4, -0.2) is 49.8 Å². The van der Waals surface area contributed by atoms with Crippen LogP contribution in [0.15, 0.2) is 60.7 Å². The molecule has 0 aliphatic carbocycles. The number of aromatic nitrogens is 2. The van der Waals surface area contributed by atoms with Crippen molar-refractivity contribution in [2.75, 3.05) is 43.5 Å². The highest BCUT2D eigenvalue weighted by atomic mass is 16.1. The van der Waals surface area contributed by atoms with Gasteiger partial charge in [-0.2, -0.15) is 5.10 Å². The Morgan fingerprint density at radius 2 is 1.87 bits per heavy atom. The predicted molar refractivity (Wildman–Crippen MR) is 122 cm³/mol. The number of hydrogen-bond acceptors (Lipinski definition) is 4. The molecular formula is C24H29N5O. The Kier molecular flexibility index (Phi) is 6.02. The third-order valence-corrected chi connectivity index (χ3v) is 5.76. The highest BCUT2D eigenvalue weighted by molar-refractivity contribution is 5.95. The van der Waals surface area contributed by atoms with E-state index in [0.29, 0.717) is 18.0 Å². The van der Waals surface area contributed by atoms with Crippen molar-refractivity contribution in [2.24, 2.45) is 5.92 Å². The number of benzene rings is 2. The van der Waals surface area contributed by atoms with Gasteiger partial charge in [0.15, 0.2) is 5.82 Å². The van der Waals surface area contributed by atoms with E-state index in [2.05, 4.69) is 38.6 Å². The molecule has 6 nitrogen and oxygen atoms in total. The Morgan fingerprint density at radius 3 is 2.60 bits per heavy atom. The van der Waals surface area contributed by atoms with E-state index in [1.807, 2.05) is 61.5 Å². The lowest BCUT2D eigenvalue weighted by Crippen LogP contribution is -2.38. The van der Waals surface area contributed by atoms with Crippen LogP contribution in [-0.2, 0) is 0 Å². The summed E-state index contributed by atoms with van der Waals surface area (Å²) in [5, 5.41) is 10.8. The number of piperidine rings is 1. The molecule has 1 saturated heterocycles. The van der Waals surface area contributed by atoms with Crippen LogP contribution >= 0.6 is 0 Å². The summed E-state index contributed by atoms with van der Waals surface area (Å²) >= 11 is 0. The van der Waals surface area contributed by atoms with E-state index in [9.17, 15) is 4.79 Å². The van der Waals surface area contributed by atoms with Gasteiger partial charge in [0.1, 0.15) is 0 Å². The van der Waals surface area contributed by atoms with Crippen LogP contribution in [0.2, 0.25) is 0 Å². The van der Waals surface area contributed by atoms with Crippen molar-refractivity contribution in [3.05, 3.63) is 66.2 Å². The first-order valence-corrected chi connectivity index (χ1v) is 10.5. The summed E-state index contributed by atoms with van der Waals surface area (Å²) < 4.78 is 0. The summed E-state index contributed by atoms with van der Waals surface area (Å²) in [6, 6.07) is 20.1. The van der Waals surface area contributed by atoms with Crippen molar-refractivity contribution in [3.8, 4) is 11.3 Å². The Bertz CT molecular complexity index is 974. The van der Waals surface area contributed by atoms with Gasteiger partial charge in [-0.3, -0.25) is 9.89 Å². The number of rotatable bonds is 6. The fraction of sp³-hybridized carbons (Fsp3) is 0.333. The Hall–Kier alpha value is -3.28. The number of hydrogen-bond donors (Lipinski definition) is 2. The van der Waals surface area contributed by atoms with Gasteiger partial charge in [-0.1, -0.05) is 36.4 Å². The zero-order valence-corrected chi connectivity index (χ0v) is 17.6. The Balaban J connectivity index is 1.27. The maximum Gasteiger partial charge on any atom is 0.251 e. The molecule has 0 radical (unpaired) electrons. The van der Waals surface area contributed by atoms with Gasteiger partial charge in [-0.05, 0) is 42.5 Å². The predicted octanol–water partition coefficient (Wildman–Crippen LogP) is 3.79. The summed E-state index contributed by atoms with van der Waals surface area (Å²) in [5.41, 5.74) is 3.93. The minimum absolute atomic E-state index is 0.000865. The Morgan fingerprint density at radius 1 is 1.10 bits per heavy atom. The molecule has 0 saturated carbocycles. The van der Waals surface area contributed by atoms with Gasteiger partial charge in [0, 0.05) is 51.0 Å². The maximum absolute atomic E-state index is 12.5. The second-order valence-electron chi connectivity index (χ2n) is 8.09. The summed E-state index contributed by atoms with van der Waals surface area (Å²) in [6.07, 6.45) is 2.09. The molecule has 2 N–H and O–H groups in total. The van der Waals surface area contributed by atoms with E-state index < -0.39 is 0 Å². The lowest BCUT2D eigenvalue weighted by Gasteiger charge is -2.32. The van der Waals surface area contributed by atoms with Crippen LogP contribution in [0.3, 0.4) is 0 Å². The number of anilines is 2. The smallest absolute Gasteiger partial charge is 0.251 e. The summed E-state index contributed by atoms with van der Waals surface area (Å²) in [5.74, 6) is 1.49. The molecule has 6 heteroatoms. The zero-order chi connectivity index (χ0) is 20.9. The maximum atomic E-state index is 12.5. The van der Waals surface area contributed by atoms with Gasteiger partial charge in [0.2, 0.25) is 0 Å². The van der Waals surface area contributed by atoms with Crippen molar-refractivity contribution >= 4 is 17.4 Å². The van der Waals surface area contributed by atoms with Gasteiger partial charge in [0.25, 0.3) is 5.91 Å². The molecule has 1 aliphatic rings. The average molecular weight is 404 g/mol. The van der Waals surface area contributed by atoms with Gasteiger partial charge < -0.3 is 15.1 Å². The molecule has 1 aromatic heterocycles. The fourth-order valence-electron chi connectivity index (χ4n) is 3.87. The molecule has 3 aromatic rings. The van der Waals surface area contributed by atoms with Gasteiger partial charge in [0.05, 0.1) is 5.69 Å². The highest BCUT2D eigenvalue weighted by Gasteiger charge is 2.22. The highest BCUT2D eigenvalue weighted by Crippen LogP contribution is 2.25. The average Bonchev–Trinajstić information content (AvgIpc) is 3.29. The first-order valence-electron chi connectivity index (χ1n) is 10.5. The number of carbonyl (C=O) groups excluding carboxylic acids is 1. The summed E-state index contributed by atoms with van der Waals surface area (Å²) in [6.45, 7) is 2.63. The summed E-state index contributed by atoms with van der Waals surface area (Å²) in [7, 11) is 3.96. The van der Waals surface area contributed by atoms with Crippen LogP contribution in [0.4, 0.5) is 11.5 Å². The number of aromatic amines is 1. The molecule has 4 rings (SSSR count). The van der Waals surface area contributed by atoms with Crippen LogP contribution in [0.5, 0.6) is 0 Å². The molecule has 2 heterocycles. The van der Waals surface area contributed by atoms with Gasteiger partial charge in [-0.15, -0.1) is 0 Å². The van der Waals surface area contributed by atoms with Crippen LogP contribution < -0.4 is 15.1 Å². The lowest BCUT2D eigenvalue weighted by atomic mass is 9.96. The zero-order valence-electron chi connectivity index (χ0n) is 17.6. The fourth-order valence-corrected chi connectivity index (χ4v) is 3.87. The Labute approximate surface area is 177 Å². The molecule has 0 bridgehead atoms. The van der Waals surface area contributed by atoms with Crippen molar-refractivity contribution in [3.63, 3.8) is 0 Å². The van der Waals surface area contributed by atoms with Crippen LogP contribution in [0.25, 0.3) is 11.3 Å². The van der Waals surface area contributed by atoms with Crippen molar-refractivity contribution < 1.29 is 4.79 Å². The van der Waals surface area contributed by atoms with Crippen molar-refractivity contribution in [1.82, 2.24) is 15.5 Å². The number of nitrogens with zero attached hydrogens (tertiary/aromatic N) is 3. The van der Waals surface area contributed by atoms with Crippen molar-refractivity contribution in [2.45, 2.75) is 12.8 Å². The van der Waals surface area contributed by atoms with E-state index in [-0.39, 0.29) is 5.91 Å². The van der Waals surface area contributed by atoms with E-state index >= 15 is 0 Å². The van der Waals surface area contributed by atoms with E-state index in [0.717, 1.165) is 48.7 Å². The molecule has 156 valence electrons. The van der Waals surface area contributed by atoms with Crippen LogP contribution in [0, 0.1) is 5.92 Å². The van der Waals surface area contributed by atoms with Crippen LogP contribution in [0.1, 0.15) is 23.2 Å². The third-order valence-electron chi connectivity index (χ3n) is 5.76. The molecule has 1 fully saturated rings. The second kappa shape index (κ2) is 9.03. The number of nitrogens with one attached hydrogen (secondary N) is 2. The topological polar surface area (TPSA) is 64.3 Å². The molecular weight excluding hydrogens is 374 g/mol.